The van der Waals surface area contributed by atoms with Crippen molar-refractivity contribution in [3.63, 3.8) is 0 Å². The summed E-state index contributed by atoms with van der Waals surface area (Å²) in [6.45, 7) is 2.88. The zero-order chi connectivity index (χ0) is 19.5. The number of nitrogens with zero attached hydrogens (tertiary/aromatic N) is 1. The van der Waals surface area contributed by atoms with Gasteiger partial charge in [0.15, 0.2) is 16.4 Å². The van der Waals surface area contributed by atoms with Crippen LogP contribution in [-0.4, -0.2) is 43.3 Å². The lowest BCUT2D eigenvalue weighted by atomic mass is 10.1. The molecular formula is C16H20N2O7S. The van der Waals surface area contributed by atoms with Crippen LogP contribution in [0.25, 0.3) is 0 Å². The number of amides is 1. The van der Waals surface area contributed by atoms with Crippen molar-refractivity contribution in [1.82, 2.24) is 0 Å². The zero-order valence-corrected chi connectivity index (χ0v) is 15.3. The first-order chi connectivity index (χ1) is 12.1. The third-order valence-electron chi connectivity index (χ3n) is 4.23. The van der Waals surface area contributed by atoms with Crippen LogP contribution in [0, 0.1) is 29.9 Å². The summed E-state index contributed by atoms with van der Waals surface area (Å²) in [7, 11) is -3.08. The van der Waals surface area contributed by atoms with Crippen LogP contribution in [-0.2, 0) is 24.2 Å². The molecule has 10 heteroatoms. The Morgan fingerprint density at radius 2 is 1.96 bits per heavy atom. The fraction of sp³-hybridized carbons (Fsp3) is 0.500. The Hall–Kier alpha value is -2.49. The highest BCUT2D eigenvalue weighted by atomic mass is 32.2. The molecule has 9 nitrogen and oxygen atoms in total. The van der Waals surface area contributed by atoms with Crippen LogP contribution in [0.15, 0.2) is 12.1 Å². The number of hydrogen-bond acceptors (Lipinski definition) is 7. The molecule has 0 aliphatic carbocycles. The first-order valence-electron chi connectivity index (χ1n) is 7.99. The smallest absolute Gasteiger partial charge is 0.306 e. The quantitative estimate of drug-likeness (QED) is 0.446. The van der Waals surface area contributed by atoms with Crippen molar-refractivity contribution in [2.45, 2.75) is 26.7 Å². The highest BCUT2D eigenvalue weighted by molar-refractivity contribution is 7.91. The Morgan fingerprint density at radius 1 is 1.31 bits per heavy atom. The van der Waals surface area contributed by atoms with E-state index in [1.807, 2.05) is 0 Å². The minimum Gasteiger partial charge on any atom is -0.456 e. The van der Waals surface area contributed by atoms with Gasteiger partial charge >= 0.3 is 5.97 Å². The van der Waals surface area contributed by atoms with Crippen molar-refractivity contribution in [3.05, 3.63) is 33.4 Å². The van der Waals surface area contributed by atoms with Crippen LogP contribution in [0.5, 0.6) is 0 Å². The van der Waals surface area contributed by atoms with E-state index in [-0.39, 0.29) is 35.2 Å². The predicted molar refractivity (Wildman–Crippen MR) is 93.5 cm³/mol. The molecule has 1 saturated heterocycles. The van der Waals surface area contributed by atoms with Gasteiger partial charge in [0.1, 0.15) is 5.69 Å². The third kappa shape index (κ3) is 5.25. The molecule has 1 aliphatic heterocycles. The molecule has 26 heavy (non-hydrogen) atoms. The molecule has 1 heterocycles. The number of carbonyl (C=O) groups excluding carboxylic acids is 2. The molecule has 2 rings (SSSR count). The van der Waals surface area contributed by atoms with Gasteiger partial charge in [0.2, 0.25) is 0 Å². The summed E-state index contributed by atoms with van der Waals surface area (Å²) in [4.78, 5) is 34.2. The Morgan fingerprint density at radius 3 is 2.54 bits per heavy atom. The van der Waals surface area contributed by atoms with Gasteiger partial charge in [-0.25, -0.2) is 8.42 Å². The number of hydrogen-bond donors (Lipinski definition) is 1. The molecule has 0 unspecified atom stereocenters. The molecular weight excluding hydrogens is 364 g/mol. The summed E-state index contributed by atoms with van der Waals surface area (Å²) in [5, 5.41) is 13.5. The molecule has 1 fully saturated rings. The average molecular weight is 384 g/mol. The van der Waals surface area contributed by atoms with Crippen LogP contribution >= 0.6 is 0 Å². The van der Waals surface area contributed by atoms with Gasteiger partial charge < -0.3 is 10.1 Å². The van der Waals surface area contributed by atoms with Crippen molar-refractivity contribution >= 4 is 33.1 Å². The molecule has 0 saturated carbocycles. The molecule has 0 radical (unpaired) electrons. The van der Waals surface area contributed by atoms with Crippen molar-refractivity contribution in [2.75, 3.05) is 23.4 Å². The summed E-state index contributed by atoms with van der Waals surface area (Å²) < 4.78 is 27.6. The van der Waals surface area contributed by atoms with Crippen LogP contribution in [0.4, 0.5) is 11.4 Å². The molecule has 1 N–H and O–H groups in total. The fourth-order valence-electron chi connectivity index (χ4n) is 2.71. The third-order valence-corrected chi connectivity index (χ3v) is 6.07. The number of benzene rings is 1. The van der Waals surface area contributed by atoms with Crippen LogP contribution in [0.1, 0.15) is 24.0 Å². The molecule has 1 amide bonds. The molecule has 0 spiro atoms. The minimum atomic E-state index is -3.08. The highest BCUT2D eigenvalue weighted by Crippen LogP contribution is 2.28. The summed E-state index contributed by atoms with van der Waals surface area (Å²) in [6, 6.07) is 2.84. The second kappa shape index (κ2) is 7.81. The van der Waals surface area contributed by atoms with E-state index >= 15 is 0 Å². The lowest BCUT2D eigenvalue weighted by Gasteiger charge is -2.10. The lowest BCUT2D eigenvalue weighted by Crippen LogP contribution is -2.22. The van der Waals surface area contributed by atoms with Crippen molar-refractivity contribution in [3.8, 4) is 0 Å². The van der Waals surface area contributed by atoms with Gasteiger partial charge in [0.05, 0.1) is 16.4 Å². The van der Waals surface area contributed by atoms with E-state index in [1.165, 1.54) is 12.1 Å². The molecule has 1 aliphatic rings. The second-order valence-corrected chi connectivity index (χ2v) is 8.62. The maximum atomic E-state index is 11.9. The van der Waals surface area contributed by atoms with E-state index in [4.69, 9.17) is 4.74 Å². The number of esters is 1. The van der Waals surface area contributed by atoms with Gasteiger partial charge in [-0.3, -0.25) is 19.7 Å². The Labute approximate surface area is 150 Å². The van der Waals surface area contributed by atoms with E-state index in [9.17, 15) is 28.1 Å². The Bertz CT molecular complexity index is 848. The Kier molecular flexibility index (Phi) is 5.96. The van der Waals surface area contributed by atoms with Gasteiger partial charge in [-0.1, -0.05) is 0 Å². The SMILES string of the molecule is Cc1cc(NC(=O)COC(=O)C[C@@H]2CCS(=O)(=O)C2)c([N+](=O)[O-])cc1C. The topological polar surface area (TPSA) is 133 Å². The molecule has 0 aromatic heterocycles. The number of nitro groups is 1. The first kappa shape index (κ1) is 19.8. The number of ether oxygens (including phenoxy) is 1. The molecule has 1 aromatic carbocycles. The molecule has 142 valence electrons. The highest BCUT2D eigenvalue weighted by Gasteiger charge is 2.30. The number of carbonyl (C=O) groups is 2. The van der Waals surface area contributed by atoms with E-state index in [1.54, 1.807) is 13.8 Å². The largest absolute Gasteiger partial charge is 0.456 e. The van der Waals surface area contributed by atoms with Gasteiger partial charge in [0.25, 0.3) is 11.6 Å². The van der Waals surface area contributed by atoms with E-state index in [2.05, 4.69) is 5.32 Å². The summed E-state index contributed by atoms with van der Waals surface area (Å²) in [6.07, 6.45) is 0.328. The normalized spacial score (nSPS) is 18.3. The number of sulfone groups is 1. The van der Waals surface area contributed by atoms with Crippen molar-refractivity contribution in [2.24, 2.45) is 5.92 Å². The van der Waals surface area contributed by atoms with Crippen LogP contribution in [0.2, 0.25) is 0 Å². The van der Waals surface area contributed by atoms with E-state index < -0.39 is 33.2 Å². The zero-order valence-electron chi connectivity index (χ0n) is 14.5. The number of anilines is 1. The summed E-state index contributed by atoms with van der Waals surface area (Å²) in [5.41, 5.74) is 1.27. The fourth-order valence-corrected chi connectivity index (χ4v) is 4.57. The summed E-state index contributed by atoms with van der Waals surface area (Å²) >= 11 is 0. The average Bonchev–Trinajstić information content (AvgIpc) is 2.87. The van der Waals surface area contributed by atoms with E-state index in [0.29, 0.717) is 12.0 Å². The second-order valence-electron chi connectivity index (χ2n) is 6.39. The maximum absolute atomic E-state index is 11.9. The van der Waals surface area contributed by atoms with Crippen LogP contribution < -0.4 is 5.32 Å². The Balaban J connectivity index is 1.90. The molecule has 1 atom stereocenters. The lowest BCUT2D eigenvalue weighted by molar-refractivity contribution is -0.384. The van der Waals surface area contributed by atoms with E-state index in [0.717, 1.165) is 5.56 Å². The number of aryl methyl sites for hydroxylation is 2. The monoisotopic (exact) mass is 384 g/mol. The molecule has 0 bridgehead atoms. The van der Waals surface area contributed by atoms with Crippen molar-refractivity contribution < 1.29 is 27.7 Å². The van der Waals surface area contributed by atoms with Gasteiger partial charge in [-0.2, -0.15) is 0 Å². The molecule has 1 aromatic rings. The van der Waals surface area contributed by atoms with Gasteiger partial charge in [-0.15, -0.1) is 0 Å². The van der Waals surface area contributed by atoms with Gasteiger partial charge in [0, 0.05) is 12.5 Å². The minimum absolute atomic E-state index is 0.0287. The first-order valence-corrected chi connectivity index (χ1v) is 9.81. The summed E-state index contributed by atoms with van der Waals surface area (Å²) in [5.74, 6) is -1.66. The maximum Gasteiger partial charge on any atom is 0.306 e. The van der Waals surface area contributed by atoms with Crippen LogP contribution in [0.3, 0.4) is 0 Å². The number of nitro benzene ring substituents is 1. The number of nitrogens with one attached hydrogen (secondary N) is 1. The number of rotatable bonds is 6. The van der Waals surface area contributed by atoms with Gasteiger partial charge in [-0.05, 0) is 43.4 Å². The predicted octanol–water partition coefficient (Wildman–Crippen LogP) is 1.52. The van der Waals surface area contributed by atoms with Crippen molar-refractivity contribution in [1.29, 1.82) is 0 Å². The standard InChI is InChI=1S/C16H20N2O7S/c1-10-5-13(14(18(21)22)6-11(10)2)17-15(19)8-25-16(20)7-12-3-4-26(23,24)9-12/h5-6,12H,3-4,7-9H2,1-2H3,(H,17,19)/t12-/m0/s1.